The van der Waals surface area contributed by atoms with E-state index in [1.165, 1.54) is 38.5 Å². The Hall–Kier alpha value is -0.541. The molecule has 2 fully saturated rings. The molecule has 0 heterocycles. The number of hydrogen-bond donors (Lipinski definition) is 2. The summed E-state index contributed by atoms with van der Waals surface area (Å²) in [6.45, 7) is 3.25. The average molecular weight is 359 g/mol. The Kier molecular flexibility index (Phi) is 6.56. The molecule has 2 saturated carbocycles. The van der Waals surface area contributed by atoms with Crippen LogP contribution in [0.4, 0.5) is 0 Å². The van der Waals surface area contributed by atoms with Crippen LogP contribution in [0.1, 0.15) is 65.2 Å². The molecular formula is C16H28N2O2Se. The molecule has 4 atom stereocenters. The second-order valence-corrected chi connectivity index (χ2v) is 9.51. The molecule has 2 aliphatic carbocycles. The molecule has 0 bridgehead atoms. The summed E-state index contributed by atoms with van der Waals surface area (Å²) in [5.74, 6) is 0.203. The van der Waals surface area contributed by atoms with Crippen LogP contribution < -0.4 is 10.6 Å². The molecule has 0 radical (unpaired) electrons. The maximum atomic E-state index is 11.4. The van der Waals surface area contributed by atoms with Gasteiger partial charge in [0, 0.05) is 0 Å². The average Bonchev–Trinajstić information content (AvgIpc) is 2.42. The van der Waals surface area contributed by atoms with Gasteiger partial charge >= 0.3 is 134 Å². The third-order valence-corrected chi connectivity index (χ3v) is 8.37. The Bertz CT molecular complexity index is 341. The molecule has 2 aliphatic rings. The third kappa shape index (κ3) is 5.30. The van der Waals surface area contributed by atoms with Gasteiger partial charge in [0.15, 0.2) is 0 Å². The predicted octanol–water partition coefficient (Wildman–Crippen LogP) is 2.43. The van der Waals surface area contributed by atoms with Crippen LogP contribution in [-0.2, 0) is 9.59 Å². The van der Waals surface area contributed by atoms with E-state index in [9.17, 15) is 9.59 Å². The van der Waals surface area contributed by atoms with Gasteiger partial charge in [-0.1, -0.05) is 0 Å². The summed E-state index contributed by atoms with van der Waals surface area (Å²) in [4.78, 5) is 24.1. The van der Waals surface area contributed by atoms with Crippen LogP contribution in [0.5, 0.6) is 0 Å². The molecule has 0 saturated heterocycles. The van der Waals surface area contributed by atoms with Gasteiger partial charge in [-0.05, 0) is 0 Å². The van der Waals surface area contributed by atoms with Gasteiger partial charge in [-0.25, -0.2) is 0 Å². The normalized spacial score (nSPS) is 33.2. The zero-order valence-corrected chi connectivity index (χ0v) is 14.9. The first-order chi connectivity index (χ1) is 10.1. The molecule has 4 nitrogen and oxygen atoms in total. The first kappa shape index (κ1) is 16.8. The molecule has 0 aliphatic heterocycles. The van der Waals surface area contributed by atoms with Crippen LogP contribution in [0.2, 0.25) is 9.63 Å². The van der Waals surface area contributed by atoms with Crippen LogP contribution in [0.25, 0.3) is 0 Å². The second kappa shape index (κ2) is 8.19. The van der Waals surface area contributed by atoms with E-state index in [1.807, 2.05) is 0 Å². The molecule has 0 aromatic heterocycles. The first-order valence-corrected chi connectivity index (χ1v) is 10.2. The summed E-state index contributed by atoms with van der Waals surface area (Å²) in [6.07, 6.45) is 9.80. The first-order valence-electron chi connectivity index (χ1n) is 8.26. The standard InChI is InChI=1S/C16H28N2O2Se/c1-11(19)17-13-7-3-5-9-15(13)21-16-10-6-4-8-14(16)18-12(2)20/h13-16H,3-10H2,1-2H3,(H,17,19)(H,18,20)/t13-,14-,15-,16+/m0/s1. The van der Waals surface area contributed by atoms with Gasteiger partial charge in [0.05, 0.1) is 0 Å². The fourth-order valence-corrected chi connectivity index (χ4v) is 7.46. The number of carbonyl (C=O) groups is 2. The molecule has 0 aromatic rings. The van der Waals surface area contributed by atoms with Gasteiger partial charge in [0.2, 0.25) is 0 Å². The van der Waals surface area contributed by atoms with Crippen molar-refractivity contribution < 1.29 is 9.59 Å². The van der Waals surface area contributed by atoms with Crippen LogP contribution in [0, 0.1) is 0 Å². The van der Waals surface area contributed by atoms with Crippen LogP contribution in [0.15, 0.2) is 0 Å². The molecule has 21 heavy (non-hydrogen) atoms. The number of hydrogen-bond acceptors (Lipinski definition) is 2. The molecule has 2 amide bonds. The number of nitrogens with one attached hydrogen (secondary N) is 2. The summed E-state index contributed by atoms with van der Waals surface area (Å²) >= 11 is 0.501. The molecule has 0 spiro atoms. The van der Waals surface area contributed by atoms with Crippen molar-refractivity contribution in [2.75, 3.05) is 0 Å². The van der Waals surface area contributed by atoms with Gasteiger partial charge in [-0.15, -0.1) is 0 Å². The summed E-state index contributed by atoms with van der Waals surface area (Å²) < 4.78 is 0. The van der Waals surface area contributed by atoms with Crippen molar-refractivity contribution in [3.63, 3.8) is 0 Å². The Morgan fingerprint density at radius 1 is 0.762 bits per heavy atom. The molecule has 0 unspecified atom stereocenters. The van der Waals surface area contributed by atoms with Crippen LogP contribution >= 0.6 is 0 Å². The molecule has 0 aromatic carbocycles. The van der Waals surface area contributed by atoms with E-state index in [0.717, 1.165) is 12.8 Å². The van der Waals surface area contributed by atoms with Gasteiger partial charge in [-0.3, -0.25) is 0 Å². The zero-order valence-electron chi connectivity index (χ0n) is 13.2. The molecule has 5 heteroatoms. The Labute approximate surface area is 134 Å². The van der Waals surface area contributed by atoms with E-state index in [0.29, 0.717) is 36.7 Å². The summed E-state index contributed by atoms with van der Waals surface area (Å²) in [7, 11) is 0. The van der Waals surface area contributed by atoms with Crippen LogP contribution in [-0.4, -0.2) is 38.9 Å². The Morgan fingerprint density at radius 2 is 1.14 bits per heavy atom. The Balaban J connectivity index is 1.95. The van der Waals surface area contributed by atoms with Crippen molar-refractivity contribution >= 4 is 26.8 Å². The van der Waals surface area contributed by atoms with Gasteiger partial charge in [0.1, 0.15) is 0 Å². The molecule has 120 valence electrons. The van der Waals surface area contributed by atoms with Crippen molar-refractivity contribution in [2.24, 2.45) is 0 Å². The molecular weight excluding hydrogens is 331 g/mol. The van der Waals surface area contributed by atoms with Gasteiger partial charge in [0.25, 0.3) is 0 Å². The van der Waals surface area contributed by atoms with Crippen LogP contribution in [0.3, 0.4) is 0 Å². The Morgan fingerprint density at radius 3 is 1.52 bits per heavy atom. The van der Waals surface area contributed by atoms with Crippen molar-refractivity contribution in [2.45, 2.75) is 86.9 Å². The van der Waals surface area contributed by atoms with Crippen molar-refractivity contribution in [1.82, 2.24) is 10.6 Å². The predicted molar refractivity (Wildman–Crippen MR) is 85.4 cm³/mol. The van der Waals surface area contributed by atoms with E-state index >= 15 is 0 Å². The zero-order chi connectivity index (χ0) is 15.2. The van der Waals surface area contributed by atoms with Gasteiger partial charge < -0.3 is 0 Å². The van der Waals surface area contributed by atoms with E-state index in [4.69, 9.17) is 0 Å². The fourth-order valence-electron chi connectivity index (χ4n) is 3.60. The number of rotatable bonds is 4. The summed E-state index contributed by atoms with van der Waals surface area (Å²) in [5.41, 5.74) is 0. The second-order valence-electron chi connectivity index (χ2n) is 6.40. The van der Waals surface area contributed by atoms with Crippen molar-refractivity contribution in [1.29, 1.82) is 0 Å². The van der Waals surface area contributed by atoms with E-state index in [1.54, 1.807) is 13.8 Å². The van der Waals surface area contributed by atoms with E-state index in [2.05, 4.69) is 10.6 Å². The number of carbonyl (C=O) groups excluding carboxylic acids is 2. The fraction of sp³-hybridized carbons (Fsp3) is 0.875. The van der Waals surface area contributed by atoms with E-state index in [-0.39, 0.29) is 11.8 Å². The maximum absolute atomic E-state index is 11.4. The summed E-state index contributed by atoms with van der Waals surface area (Å²) in [5, 5.41) is 6.33. The molecule has 2 rings (SSSR count). The van der Waals surface area contributed by atoms with E-state index < -0.39 is 0 Å². The topological polar surface area (TPSA) is 58.2 Å². The summed E-state index contributed by atoms with van der Waals surface area (Å²) in [6, 6.07) is 0.743. The monoisotopic (exact) mass is 360 g/mol. The quantitative estimate of drug-likeness (QED) is 0.758. The minimum atomic E-state index is 0.102. The van der Waals surface area contributed by atoms with Gasteiger partial charge in [-0.2, -0.15) is 0 Å². The molecule has 2 N–H and O–H groups in total. The SMILES string of the molecule is CC(=O)N[C@H]1CCCC[C@@H]1[Se][C@@H]1CCCC[C@@H]1NC(C)=O. The number of amides is 2. The van der Waals surface area contributed by atoms with Crippen molar-refractivity contribution in [3.8, 4) is 0 Å². The van der Waals surface area contributed by atoms with Crippen molar-refractivity contribution in [3.05, 3.63) is 0 Å². The minimum absolute atomic E-state index is 0.102. The third-order valence-electron chi connectivity index (χ3n) is 4.53.